The fourth-order valence-corrected chi connectivity index (χ4v) is 5.94. The van der Waals surface area contributed by atoms with Gasteiger partial charge in [0.2, 0.25) is 5.13 Å². The number of hydrogen-bond acceptors (Lipinski definition) is 7. The second kappa shape index (κ2) is 10.7. The molecule has 0 aliphatic heterocycles. The zero-order chi connectivity index (χ0) is 24.3. The van der Waals surface area contributed by atoms with E-state index in [1.165, 1.54) is 0 Å². The second-order valence-corrected chi connectivity index (χ2v) is 11.0. The van der Waals surface area contributed by atoms with Gasteiger partial charge in [-0.2, -0.15) is 19.8 Å². The van der Waals surface area contributed by atoms with Crippen molar-refractivity contribution >= 4 is 52.5 Å². The topological polar surface area (TPSA) is 82.7 Å². The molecule has 11 heteroatoms. The van der Waals surface area contributed by atoms with Crippen LogP contribution in [0.2, 0.25) is 10.0 Å². The second-order valence-electron chi connectivity index (χ2n) is 7.39. The van der Waals surface area contributed by atoms with Crippen molar-refractivity contribution in [3.05, 3.63) is 52.0 Å². The van der Waals surface area contributed by atoms with Gasteiger partial charge >= 0.3 is 6.15 Å². The van der Waals surface area contributed by atoms with Crippen molar-refractivity contribution in [2.24, 2.45) is 7.05 Å². The summed E-state index contributed by atoms with van der Waals surface area (Å²) in [5, 5.41) is 11.5. The Kier molecular flexibility index (Phi) is 8.15. The van der Waals surface area contributed by atoms with Gasteiger partial charge in [0.25, 0.3) is 0 Å². The molecular weight excluding hydrogens is 501 g/mol. The van der Waals surface area contributed by atoms with Crippen LogP contribution >= 0.6 is 46.3 Å². The fourth-order valence-electron chi connectivity index (χ4n) is 3.20. The standard InChI is InChI=1S/C21H21Cl2N5S2.CO2/c1-11(2)29-20-19(14-6-7-17(22)18(23)8-14)24-21(30-20)28-10-16(13(4)26-28)15-9-27(5)25-12(15)3;2-1-3/h6-11H,1-5H3;. The molecule has 0 radical (unpaired) electrons. The van der Waals surface area contributed by atoms with Crippen LogP contribution < -0.4 is 0 Å². The van der Waals surface area contributed by atoms with E-state index < -0.39 is 0 Å². The first-order valence-electron chi connectivity index (χ1n) is 9.84. The van der Waals surface area contributed by atoms with Gasteiger partial charge in [-0.15, -0.1) is 11.8 Å². The van der Waals surface area contributed by atoms with Crippen molar-refractivity contribution in [3.8, 4) is 27.5 Å². The van der Waals surface area contributed by atoms with Crippen LogP contribution in [0.3, 0.4) is 0 Å². The minimum atomic E-state index is 0.250. The monoisotopic (exact) mass is 521 g/mol. The summed E-state index contributed by atoms with van der Waals surface area (Å²) in [5.41, 5.74) is 5.91. The lowest BCUT2D eigenvalue weighted by Crippen LogP contribution is -1.94. The van der Waals surface area contributed by atoms with E-state index in [1.807, 2.05) is 60.9 Å². The van der Waals surface area contributed by atoms with Crippen LogP contribution in [0.1, 0.15) is 25.2 Å². The first-order valence-corrected chi connectivity index (χ1v) is 12.3. The number of halogens is 2. The van der Waals surface area contributed by atoms with Gasteiger partial charge in [0.1, 0.15) is 0 Å². The summed E-state index contributed by atoms with van der Waals surface area (Å²) in [6.07, 6.45) is 4.30. The summed E-state index contributed by atoms with van der Waals surface area (Å²) in [6.45, 7) is 8.36. The maximum Gasteiger partial charge on any atom is 0.373 e. The van der Waals surface area contributed by atoms with Crippen molar-refractivity contribution in [1.29, 1.82) is 0 Å². The van der Waals surface area contributed by atoms with Crippen LogP contribution in [0.25, 0.3) is 27.5 Å². The lowest BCUT2D eigenvalue weighted by molar-refractivity contribution is -0.191. The highest BCUT2D eigenvalue weighted by atomic mass is 35.5. The molecule has 0 bridgehead atoms. The molecule has 0 saturated carbocycles. The molecule has 0 saturated heterocycles. The first kappa shape index (κ1) is 25.2. The van der Waals surface area contributed by atoms with Crippen LogP contribution in [0.15, 0.2) is 34.8 Å². The van der Waals surface area contributed by atoms with Gasteiger partial charge in [-0.25, -0.2) is 9.67 Å². The van der Waals surface area contributed by atoms with E-state index >= 15 is 0 Å². The van der Waals surface area contributed by atoms with Crippen molar-refractivity contribution in [3.63, 3.8) is 0 Å². The zero-order valence-corrected chi connectivity index (χ0v) is 21.7. The molecule has 0 unspecified atom stereocenters. The predicted octanol–water partition coefficient (Wildman–Crippen LogP) is 6.24. The quantitative estimate of drug-likeness (QED) is 0.289. The minimum absolute atomic E-state index is 0.250. The van der Waals surface area contributed by atoms with Gasteiger partial charge in [-0.1, -0.05) is 54.5 Å². The van der Waals surface area contributed by atoms with Gasteiger partial charge < -0.3 is 0 Å². The van der Waals surface area contributed by atoms with Crippen molar-refractivity contribution in [2.45, 2.75) is 37.2 Å². The summed E-state index contributed by atoms with van der Waals surface area (Å²) < 4.78 is 4.81. The van der Waals surface area contributed by atoms with Gasteiger partial charge in [-0.3, -0.25) is 4.68 Å². The van der Waals surface area contributed by atoms with E-state index in [2.05, 4.69) is 18.9 Å². The number of rotatable bonds is 5. The Labute approximate surface area is 209 Å². The Bertz CT molecular complexity index is 1320. The molecule has 7 nitrogen and oxygen atoms in total. The number of thioether (sulfide) groups is 1. The first-order chi connectivity index (χ1) is 15.6. The van der Waals surface area contributed by atoms with Gasteiger partial charge in [0, 0.05) is 41.4 Å². The van der Waals surface area contributed by atoms with E-state index in [0.29, 0.717) is 15.3 Å². The maximum absolute atomic E-state index is 8.12. The van der Waals surface area contributed by atoms with E-state index in [-0.39, 0.29) is 6.15 Å². The number of aromatic nitrogens is 5. The van der Waals surface area contributed by atoms with Crippen LogP contribution in [-0.2, 0) is 16.6 Å². The molecule has 172 valence electrons. The predicted molar refractivity (Wildman–Crippen MR) is 132 cm³/mol. The van der Waals surface area contributed by atoms with Crippen LogP contribution in [0.4, 0.5) is 0 Å². The zero-order valence-electron chi connectivity index (χ0n) is 18.6. The number of aryl methyl sites for hydroxylation is 3. The minimum Gasteiger partial charge on any atom is -0.275 e. The summed E-state index contributed by atoms with van der Waals surface area (Å²) in [5.74, 6) is 0. The van der Waals surface area contributed by atoms with Gasteiger partial charge in [-0.05, 0) is 26.0 Å². The van der Waals surface area contributed by atoms with E-state index in [1.54, 1.807) is 23.1 Å². The molecule has 3 aromatic heterocycles. The number of nitrogens with zero attached hydrogens (tertiary/aromatic N) is 5. The summed E-state index contributed by atoms with van der Waals surface area (Å²) in [7, 11) is 1.93. The molecule has 0 fully saturated rings. The molecule has 4 aromatic rings. The third-order valence-electron chi connectivity index (χ3n) is 4.52. The van der Waals surface area contributed by atoms with Gasteiger partial charge in [0.05, 0.1) is 31.3 Å². The summed E-state index contributed by atoms with van der Waals surface area (Å²) in [4.78, 5) is 21.2. The third-order valence-corrected chi connectivity index (χ3v) is 7.52. The molecule has 1 aromatic carbocycles. The Hall–Kier alpha value is -2.42. The smallest absolute Gasteiger partial charge is 0.275 e. The lowest BCUT2D eigenvalue weighted by Gasteiger charge is -2.05. The highest BCUT2D eigenvalue weighted by Gasteiger charge is 2.20. The lowest BCUT2D eigenvalue weighted by atomic mass is 10.1. The average Bonchev–Trinajstić information content (AvgIpc) is 3.41. The SMILES string of the molecule is Cc1nn(C)cc1-c1cn(-c2nc(-c3ccc(Cl)c(Cl)c3)c(SC(C)C)s2)nc1C.O=C=O. The Balaban J connectivity index is 0.000000968. The molecule has 33 heavy (non-hydrogen) atoms. The molecule has 3 heterocycles. The summed E-state index contributed by atoms with van der Waals surface area (Å²) >= 11 is 15.8. The largest absolute Gasteiger partial charge is 0.373 e. The highest BCUT2D eigenvalue weighted by Crippen LogP contribution is 2.41. The molecule has 4 rings (SSSR count). The van der Waals surface area contributed by atoms with Crippen molar-refractivity contribution in [2.75, 3.05) is 0 Å². The molecule has 0 atom stereocenters. The van der Waals surface area contributed by atoms with E-state index in [4.69, 9.17) is 42.9 Å². The number of carbonyl (C=O) groups excluding carboxylic acids is 2. The Morgan fingerprint density at radius 3 is 2.24 bits per heavy atom. The fraction of sp³-hybridized carbons (Fsp3) is 0.273. The Morgan fingerprint density at radius 2 is 1.67 bits per heavy atom. The number of hydrogen-bond donors (Lipinski definition) is 0. The molecule has 0 aliphatic carbocycles. The van der Waals surface area contributed by atoms with Crippen LogP contribution in [-0.4, -0.2) is 35.9 Å². The molecule has 0 amide bonds. The Morgan fingerprint density at radius 1 is 1.03 bits per heavy atom. The summed E-state index contributed by atoms with van der Waals surface area (Å²) in [6, 6.07) is 5.63. The highest BCUT2D eigenvalue weighted by molar-refractivity contribution is 8.01. The third kappa shape index (κ3) is 5.75. The maximum atomic E-state index is 8.12. The van der Waals surface area contributed by atoms with Gasteiger partial charge in [0.15, 0.2) is 0 Å². The molecule has 0 spiro atoms. The van der Waals surface area contributed by atoms with Crippen LogP contribution in [0, 0.1) is 13.8 Å². The van der Waals surface area contributed by atoms with Crippen molar-refractivity contribution < 1.29 is 9.59 Å². The van der Waals surface area contributed by atoms with Crippen molar-refractivity contribution in [1.82, 2.24) is 24.5 Å². The molecular formula is C22H21Cl2N5O2S2. The molecule has 0 N–H and O–H groups in total. The van der Waals surface area contributed by atoms with E-state index in [0.717, 1.165) is 43.1 Å². The average molecular weight is 522 g/mol. The normalized spacial score (nSPS) is 10.8. The molecule has 0 aliphatic rings. The number of thiazole rings is 1. The number of benzene rings is 1. The van der Waals surface area contributed by atoms with Crippen LogP contribution in [0.5, 0.6) is 0 Å². The van der Waals surface area contributed by atoms with E-state index in [9.17, 15) is 0 Å².